The van der Waals surface area contributed by atoms with E-state index in [1.165, 1.54) is 0 Å². The smallest absolute Gasteiger partial charge is 0.163 e. The summed E-state index contributed by atoms with van der Waals surface area (Å²) in [6.45, 7) is 5.14. The van der Waals surface area contributed by atoms with Crippen molar-refractivity contribution >= 4 is 11.1 Å². The summed E-state index contributed by atoms with van der Waals surface area (Å²) in [6, 6.07) is 4.93. The molecule has 0 fully saturated rings. The number of aromatic hydroxyl groups is 1. The van der Waals surface area contributed by atoms with Crippen LogP contribution >= 0.6 is 0 Å². The van der Waals surface area contributed by atoms with Gasteiger partial charge in [-0.2, -0.15) is 0 Å². The Morgan fingerprint density at radius 2 is 1.93 bits per heavy atom. The molecule has 0 amide bonds. The Bertz CT molecular complexity index is 372. The third kappa shape index (κ3) is 1.96. The van der Waals surface area contributed by atoms with E-state index in [9.17, 15) is 9.32 Å². The van der Waals surface area contributed by atoms with Gasteiger partial charge >= 0.3 is 0 Å². The molecule has 0 saturated heterocycles. The van der Waals surface area contributed by atoms with Gasteiger partial charge in [-0.1, -0.05) is 12.1 Å². The molecular weight excluding hydrogens is 200 g/mol. The second kappa shape index (κ2) is 3.71. The fourth-order valence-corrected chi connectivity index (χ4v) is 1.46. The van der Waals surface area contributed by atoms with Crippen LogP contribution in [0.3, 0.4) is 0 Å². The third-order valence-corrected chi connectivity index (χ3v) is 3.44. The predicted octanol–water partition coefficient (Wildman–Crippen LogP) is 2.16. The summed E-state index contributed by atoms with van der Waals surface area (Å²) >= 11 is -1.92. The van der Waals surface area contributed by atoms with E-state index in [1.807, 2.05) is 0 Å². The van der Waals surface area contributed by atoms with Crippen LogP contribution in [0.2, 0.25) is 0 Å². The number of aryl methyl sites for hydroxylation is 1. The molecule has 0 bridgehead atoms. The Morgan fingerprint density at radius 1 is 1.36 bits per heavy atom. The molecule has 0 radical (unpaired) electrons. The van der Waals surface area contributed by atoms with Gasteiger partial charge in [0.1, 0.15) is 5.75 Å². The highest BCUT2D eigenvalue weighted by atomic mass is 32.2. The lowest BCUT2D eigenvalue weighted by Crippen LogP contribution is -2.23. The number of benzene rings is 1. The molecule has 0 aliphatic carbocycles. The molecule has 14 heavy (non-hydrogen) atoms. The second-order valence-electron chi connectivity index (χ2n) is 3.76. The maximum Gasteiger partial charge on any atom is 0.163 e. The Labute approximate surface area is 86.1 Å². The van der Waals surface area contributed by atoms with Gasteiger partial charge in [0.25, 0.3) is 0 Å². The van der Waals surface area contributed by atoms with Crippen molar-refractivity contribution in [1.29, 1.82) is 0 Å². The highest BCUT2D eigenvalue weighted by Crippen LogP contribution is 2.29. The molecular formula is C10H14O3S. The van der Waals surface area contributed by atoms with E-state index < -0.39 is 15.8 Å². The molecule has 1 atom stereocenters. The zero-order valence-electron chi connectivity index (χ0n) is 8.44. The Morgan fingerprint density at radius 3 is 2.36 bits per heavy atom. The molecule has 1 aromatic rings. The fourth-order valence-electron chi connectivity index (χ4n) is 1.13. The van der Waals surface area contributed by atoms with E-state index in [1.54, 1.807) is 39.0 Å². The lowest BCUT2D eigenvalue weighted by Gasteiger charge is -2.21. The van der Waals surface area contributed by atoms with Gasteiger partial charge in [-0.15, -0.1) is 0 Å². The van der Waals surface area contributed by atoms with Crippen LogP contribution in [-0.2, 0) is 15.8 Å². The second-order valence-corrected chi connectivity index (χ2v) is 5.28. The van der Waals surface area contributed by atoms with Crippen LogP contribution < -0.4 is 0 Å². The maximum absolute atomic E-state index is 11.1. The van der Waals surface area contributed by atoms with Crippen LogP contribution in [0.15, 0.2) is 18.2 Å². The first kappa shape index (κ1) is 11.2. The summed E-state index contributed by atoms with van der Waals surface area (Å²) in [4.78, 5) is 0. The number of hydrogen-bond acceptors (Lipinski definition) is 2. The van der Waals surface area contributed by atoms with Gasteiger partial charge in [0.15, 0.2) is 11.1 Å². The molecule has 3 nitrogen and oxygen atoms in total. The molecule has 78 valence electrons. The van der Waals surface area contributed by atoms with Crippen molar-refractivity contribution in [2.24, 2.45) is 0 Å². The molecule has 0 aliphatic rings. The Hall–Kier alpha value is -0.870. The summed E-state index contributed by atoms with van der Waals surface area (Å²) < 4.78 is 19.4. The molecule has 1 aromatic carbocycles. The third-order valence-electron chi connectivity index (χ3n) is 2.33. The largest absolute Gasteiger partial charge is 0.508 e. The van der Waals surface area contributed by atoms with Crippen molar-refractivity contribution in [3.05, 3.63) is 29.3 Å². The van der Waals surface area contributed by atoms with Crippen molar-refractivity contribution in [2.45, 2.75) is 25.5 Å². The van der Waals surface area contributed by atoms with Crippen molar-refractivity contribution in [1.82, 2.24) is 0 Å². The van der Waals surface area contributed by atoms with E-state index in [2.05, 4.69) is 0 Å². The van der Waals surface area contributed by atoms with E-state index in [0.29, 0.717) is 5.56 Å². The molecule has 1 rings (SSSR count). The number of rotatable bonds is 2. The molecule has 0 aliphatic heterocycles. The lowest BCUT2D eigenvalue weighted by molar-refractivity contribution is 0.470. The Kier molecular flexibility index (Phi) is 2.97. The zero-order chi connectivity index (χ0) is 10.9. The monoisotopic (exact) mass is 214 g/mol. The van der Waals surface area contributed by atoms with Crippen LogP contribution in [0.1, 0.15) is 25.0 Å². The molecule has 0 heterocycles. The zero-order valence-corrected chi connectivity index (χ0v) is 9.26. The SMILES string of the molecule is Cc1cc(C(C)(C)S(=O)O)ccc1O. The minimum Gasteiger partial charge on any atom is -0.508 e. The van der Waals surface area contributed by atoms with E-state index in [0.717, 1.165) is 5.56 Å². The molecule has 0 spiro atoms. The highest BCUT2D eigenvalue weighted by Gasteiger charge is 2.27. The van der Waals surface area contributed by atoms with Crippen molar-refractivity contribution in [3.63, 3.8) is 0 Å². The summed E-state index contributed by atoms with van der Waals surface area (Å²) in [6.07, 6.45) is 0. The van der Waals surface area contributed by atoms with E-state index >= 15 is 0 Å². The topological polar surface area (TPSA) is 57.5 Å². The molecule has 1 unspecified atom stereocenters. The predicted molar refractivity (Wildman–Crippen MR) is 56.6 cm³/mol. The standard InChI is InChI=1S/C10H14O3S/c1-7-6-8(4-5-9(7)11)10(2,3)14(12)13/h4-6,11H,1-3H3,(H,12,13). The normalized spacial score (nSPS) is 14.0. The average molecular weight is 214 g/mol. The minimum atomic E-state index is -1.92. The van der Waals surface area contributed by atoms with Crippen LogP contribution in [-0.4, -0.2) is 13.9 Å². The van der Waals surface area contributed by atoms with Gasteiger partial charge in [0.05, 0.1) is 4.75 Å². The van der Waals surface area contributed by atoms with Gasteiger partial charge in [0.2, 0.25) is 0 Å². The summed E-state index contributed by atoms with van der Waals surface area (Å²) in [5.74, 6) is 0.202. The average Bonchev–Trinajstić information content (AvgIpc) is 2.09. The molecule has 2 N–H and O–H groups in total. The summed E-state index contributed by atoms with van der Waals surface area (Å²) in [7, 11) is 0. The lowest BCUT2D eigenvalue weighted by atomic mass is 10.00. The van der Waals surface area contributed by atoms with E-state index in [4.69, 9.17) is 4.55 Å². The van der Waals surface area contributed by atoms with Gasteiger partial charge < -0.3 is 9.66 Å². The maximum atomic E-state index is 11.1. The summed E-state index contributed by atoms with van der Waals surface area (Å²) in [5.41, 5.74) is 1.45. The number of phenols is 1. The van der Waals surface area contributed by atoms with Crippen molar-refractivity contribution in [3.8, 4) is 5.75 Å². The van der Waals surface area contributed by atoms with Crippen LogP contribution in [0.4, 0.5) is 0 Å². The summed E-state index contributed by atoms with van der Waals surface area (Å²) in [5, 5.41) is 9.31. The first-order chi connectivity index (χ1) is 6.35. The van der Waals surface area contributed by atoms with Crippen molar-refractivity contribution < 1.29 is 13.9 Å². The minimum absolute atomic E-state index is 0.202. The van der Waals surface area contributed by atoms with Gasteiger partial charge in [-0.25, -0.2) is 4.21 Å². The first-order valence-electron chi connectivity index (χ1n) is 4.27. The molecule has 0 aromatic heterocycles. The van der Waals surface area contributed by atoms with Crippen molar-refractivity contribution in [2.75, 3.05) is 0 Å². The number of hydrogen-bond donors (Lipinski definition) is 2. The first-order valence-corrected chi connectivity index (χ1v) is 5.37. The Balaban J connectivity index is 3.21. The van der Waals surface area contributed by atoms with Gasteiger partial charge in [-0.3, -0.25) is 0 Å². The van der Waals surface area contributed by atoms with Gasteiger partial charge in [0, 0.05) is 0 Å². The van der Waals surface area contributed by atoms with Crippen LogP contribution in [0.25, 0.3) is 0 Å². The van der Waals surface area contributed by atoms with Gasteiger partial charge in [-0.05, 0) is 38.0 Å². The molecule has 0 saturated carbocycles. The highest BCUT2D eigenvalue weighted by molar-refractivity contribution is 7.80. The number of phenolic OH excluding ortho intramolecular Hbond substituents is 1. The molecule has 4 heteroatoms. The quantitative estimate of drug-likeness (QED) is 0.742. The van der Waals surface area contributed by atoms with Crippen LogP contribution in [0.5, 0.6) is 5.75 Å². The fraction of sp³-hybridized carbons (Fsp3) is 0.400. The van der Waals surface area contributed by atoms with Crippen LogP contribution in [0, 0.1) is 6.92 Å². The van der Waals surface area contributed by atoms with E-state index in [-0.39, 0.29) is 5.75 Å².